The highest BCUT2D eigenvalue weighted by molar-refractivity contribution is 6.59. The van der Waals surface area contributed by atoms with Gasteiger partial charge in [-0.15, -0.1) is 0 Å². The van der Waals surface area contributed by atoms with Crippen molar-refractivity contribution in [2.24, 2.45) is 0 Å². The topological polar surface area (TPSA) is 49.7 Å². The van der Waals surface area contributed by atoms with Crippen LogP contribution in [0.3, 0.4) is 0 Å². The number of halogens is 3. The van der Waals surface area contributed by atoms with Crippen LogP contribution in [0, 0.1) is 0 Å². The maximum Gasteiger partial charge on any atom is 0.488 e. The SMILES string of the molecule is OB(O)c1ccccc1COc1cccc(C(F)(F)F)c1. The predicted molar refractivity (Wildman–Crippen MR) is 72.0 cm³/mol. The molecule has 0 aliphatic rings. The van der Waals surface area contributed by atoms with Gasteiger partial charge in [-0.25, -0.2) is 0 Å². The lowest BCUT2D eigenvalue weighted by molar-refractivity contribution is -0.137. The smallest absolute Gasteiger partial charge is 0.488 e. The molecule has 110 valence electrons. The normalized spacial score (nSPS) is 11.3. The van der Waals surface area contributed by atoms with Gasteiger partial charge in [-0.1, -0.05) is 30.3 Å². The summed E-state index contributed by atoms with van der Waals surface area (Å²) in [5, 5.41) is 18.4. The second-order valence-electron chi connectivity index (χ2n) is 4.39. The molecule has 0 aromatic heterocycles. The van der Waals surface area contributed by atoms with E-state index in [-0.39, 0.29) is 17.8 Å². The summed E-state index contributed by atoms with van der Waals surface area (Å²) in [6.45, 7) is -0.0604. The van der Waals surface area contributed by atoms with Gasteiger partial charge < -0.3 is 14.8 Å². The van der Waals surface area contributed by atoms with Crippen LogP contribution in [0.4, 0.5) is 13.2 Å². The van der Waals surface area contributed by atoms with Gasteiger partial charge in [0, 0.05) is 0 Å². The summed E-state index contributed by atoms with van der Waals surface area (Å²) in [6.07, 6.45) is -4.43. The van der Waals surface area contributed by atoms with Crippen molar-refractivity contribution in [3.05, 3.63) is 59.7 Å². The second kappa shape index (κ2) is 6.20. The molecule has 0 heterocycles. The fourth-order valence-corrected chi connectivity index (χ4v) is 1.84. The molecule has 2 aromatic rings. The lowest BCUT2D eigenvalue weighted by atomic mass is 9.77. The fraction of sp³-hybridized carbons (Fsp3) is 0.143. The minimum Gasteiger partial charge on any atom is -0.489 e. The molecule has 0 unspecified atom stereocenters. The van der Waals surface area contributed by atoms with Crippen LogP contribution in [0.25, 0.3) is 0 Å². The Kier molecular flexibility index (Phi) is 4.54. The Morgan fingerprint density at radius 3 is 2.38 bits per heavy atom. The molecular formula is C14H12BF3O3. The molecule has 0 bridgehead atoms. The van der Waals surface area contributed by atoms with Crippen molar-refractivity contribution >= 4 is 12.6 Å². The molecule has 0 saturated heterocycles. The van der Waals surface area contributed by atoms with Crippen molar-refractivity contribution in [2.75, 3.05) is 0 Å². The largest absolute Gasteiger partial charge is 0.489 e. The summed E-state index contributed by atoms with van der Waals surface area (Å²) in [5.41, 5.74) is -0.0511. The zero-order valence-corrected chi connectivity index (χ0v) is 10.8. The maximum atomic E-state index is 12.6. The summed E-state index contributed by atoms with van der Waals surface area (Å²) in [6, 6.07) is 10.9. The first-order valence-electron chi connectivity index (χ1n) is 6.12. The van der Waals surface area contributed by atoms with Crippen molar-refractivity contribution in [1.82, 2.24) is 0 Å². The summed E-state index contributed by atoms with van der Waals surface area (Å²) in [5.74, 6) is 0.0621. The molecule has 3 nitrogen and oxygen atoms in total. The van der Waals surface area contributed by atoms with Crippen LogP contribution < -0.4 is 10.2 Å². The van der Waals surface area contributed by atoms with Crippen LogP contribution in [0.2, 0.25) is 0 Å². The van der Waals surface area contributed by atoms with Gasteiger partial charge in [0.25, 0.3) is 0 Å². The van der Waals surface area contributed by atoms with Gasteiger partial charge in [-0.2, -0.15) is 13.2 Å². The van der Waals surface area contributed by atoms with Gasteiger partial charge in [-0.05, 0) is 29.2 Å². The third kappa shape index (κ3) is 3.99. The van der Waals surface area contributed by atoms with E-state index in [2.05, 4.69) is 0 Å². The predicted octanol–water partition coefficient (Wildman–Crippen LogP) is 1.96. The molecule has 7 heteroatoms. The van der Waals surface area contributed by atoms with E-state index in [4.69, 9.17) is 4.74 Å². The van der Waals surface area contributed by atoms with E-state index in [1.807, 2.05) is 0 Å². The number of hydrogen-bond donors (Lipinski definition) is 2. The van der Waals surface area contributed by atoms with Crippen molar-refractivity contribution in [3.63, 3.8) is 0 Å². The van der Waals surface area contributed by atoms with E-state index in [1.165, 1.54) is 18.2 Å². The minimum atomic E-state index is -4.43. The molecule has 0 fully saturated rings. The third-order valence-corrected chi connectivity index (χ3v) is 2.89. The molecule has 2 rings (SSSR count). The number of ether oxygens (including phenoxy) is 1. The van der Waals surface area contributed by atoms with Gasteiger partial charge in [0.1, 0.15) is 12.4 Å². The molecule has 2 aromatic carbocycles. The van der Waals surface area contributed by atoms with Crippen molar-refractivity contribution < 1.29 is 28.0 Å². The molecule has 0 amide bonds. The van der Waals surface area contributed by atoms with Crippen LogP contribution in [-0.2, 0) is 12.8 Å². The maximum absolute atomic E-state index is 12.6. The van der Waals surface area contributed by atoms with Gasteiger partial charge >= 0.3 is 13.3 Å². The Morgan fingerprint density at radius 1 is 1.00 bits per heavy atom. The Morgan fingerprint density at radius 2 is 1.71 bits per heavy atom. The average Bonchev–Trinajstić information content (AvgIpc) is 2.45. The van der Waals surface area contributed by atoms with E-state index in [0.717, 1.165) is 12.1 Å². The first-order chi connectivity index (χ1) is 9.88. The van der Waals surface area contributed by atoms with Crippen molar-refractivity contribution in [1.29, 1.82) is 0 Å². The molecule has 0 aliphatic carbocycles. The number of rotatable bonds is 4. The van der Waals surface area contributed by atoms with E-state index in [9.17, 15) is 23.2 Å². The molecule has 0 radical (unpaired) electrons. The number of alkyl halides is 3. The summed E-state index contributed by atoms with van der Waals surface area (Å²) in [4.78, 5) is 0. The van der Waals surface area contributed by atoms with Gasteiger partial charge in [0.2, 0.25) is 0 Å². The Balaban J connectivity index is 2.14. The highest BCUT2D eigenvalue weighted by Crippen LogP contribution is 2.31. The van der Waals surface area contributed by atoms with Crippen molar-refractivity contribution in [3.8, 4) is 5.75 Å². The van der Waals surface area contributed by atoms with E-state index >= 15 is 0 Å². The molecule has 0 saturated carbocycles. The zero-order chi connectivity index (χ0) is 15.5. The summed E-state index contributed by atoms with van der Waals surface area (Å²) < 4.78 is 43.0. The van der Waals surface area contributed by atoms with E-state index in [0.29, 0.717) is 5.56 Å². The highest BCUT2D eigenvalue weighted by atomic mass is 19.4. The molecule has 2 N–H and O–H groups in total. The van der Waals surface area contributed by atoms with Crippen LogP contribution in [0.1, 0.15) is 11.1 Å². The molecular weight excluding hydrogens is 284 g/mol. The Hall–Kier alpha value is -1.99. The van der Waals surface area contributed by atoms with Crippen LogP contribution in [0.5, 0.6) is 5.75 Å². The number of hydrogen-bond acceptors (Lipinski definition) is 3. The van der Waals surface area contributed by atoms with Crippen molar-refractivity contribution in [2.45, 2.75) is 12.8 Å². The Bertz CT molecular complexity index is 614. The van der Waals surface area contributed by atoms with Crippen LogP contribution in [-0.4, -0.2) is 17.2 Å². The third-order valence-electron chi connectivity index (χ3n) is 2.89. The lowest BCUT2D eigenvalue weighted by Gasteiger charge is -2.12. The molecule has 0 atom stereocenters. The quantitative estimate of drug-likeness (QED) is 0.848. The molecule has 0 aliphatic heterocycles. The van der Waals surface area contributed by atoms with E-state index < -0.39 is 18.9 Å². The zero-order valence-electron chi connectivity index (χ0n) is 10.8. The first kappa shape index (κ1) is 15.4. The molecule has 0 spiro atoms. The average molecular weight is 296 g/mol. The van der Waals surface area contributed by atoms with Gasteiger partial charge in [-0.3, -0.25) is 0 Å². The molecule has 21 heavy (non-hydrogen) atoms. The van der Waals surface area contributed by atoms with Gasteiger partial charge in [0.15, 0.2) is 0 Å². The Labute approximate surface area is 119 Å². The van der Waals surface area contributed by atoms with E-state index in [1.54, 1.807) is 18.2 Å². The summed E-state index contributed by atoms with van der Waals surface area (Å²) in [7, 11) is -1.66. The lowest BCUT2D eigenvalue weighted by Crippen LogP contribution is -2.33. The highest BCUT2D eigenvalue weighted by Gasteiger charge is 2.30. The second-order valence-corrected chi connectivity index (χ2v) is 4.39. The van der Waals surface area contributed by atoms with Crippen LogP contribution in [0.15, 0.2) is 48.5 Å². The van der Waals surface area contributed by atoms with Gasteiger partial charge in [0.05, 0.1) is 5.56 Å². The number of benzene rings is 2. The first-order valence-corrected chi connectivity index (χ1v) is 6.12. The van der Waals surface area contributed by atoms with Crippen LogP contribution >= 0.6 is 0 Å². The minimum absolute atomic E-state index is 0.0604. The standard InChI is InChI=1S/C14H12BF3O3/c16-14(17,18)11-5-3-6-12(8-11)21-9-10-4-1-2-7-13(10)15(19)20/h1-8,19-20H,9H2. The summed E-state index contributed by atoms with van der Waals surface area (Å²) >= 11 is 0. The fourth-order valence-electron chi connectivity index (χ4n) is 1.84. The monoisotopic (exact) mass is 296 g/mol.